The molecule has 0 atom stereocenters. The van der Waals surface area contributed by atoms with E-state index in [9.17, 15) is 0 Å². The van der Waals surface area contributed by atoms with Crippen LogP contribution in [0, 0.1) is 0 Å². The number of fused-ring (bicyclic) bond motifs is 8. The van der Waals surface area contributed by atoms with Crippen molar-refractivity contribution in [3.05, 3.63) is 71.3 Å². The number of H-pyrrole nitrogens is 2. The van der Waals surface area contributed by atoms with Gasteiger partial charge < -0.3 is 9.97 Å². The molecule has 0 saturated heterocycles. The van der Waals surface area contributed by atoms with Gasteiger partial charge in [0.2, 0.25) is 0 Å². The van der Waals surface area contributed by atoms with E-state index in [0.29, 0.717) is 0 Å². The van der Waals surface area contributed by atoms with Gasteiger partial charge in [0.05, 0.1) is 22.8 Å². The Hall–Kier alpha value is -2.78. The first-order chi connectivity index (χ1) is 13.8. The van der Waals surface area contributed by atoms with E-state index < -0.39 is 14.8 Å². The van der Waals surface area contributed by atoms with E-state index >= 15 is 0 Å². The second kappa shape index (κ2) is 7.92. The van der Waals surface area contributed by atoms with Crippen LogP contribution < -0.4 is 0 Å². The summed E-state index contributed by atoms with van der Waals surface area (Å²) in [5.74, 6) is 0. The van der Waals surface area contributed by atoms with Crippen molar-refractivity contribution in [3.8, 4) is 0 Å². The van der Waals surface area contributed by atoms with Crippen molar-refractivity contribution in [2.24, 2.45) is 0 Å². The van der Waals surface area contributed by atoms with E-state index in [2.05, 4.69) is 66.3 Å². The summed E-state index contributed by atoms with van der Waals surface area (Å²) in [6.07, 6.45) is 8.09. The second-order valence-corrected chi connectivity index (χ2v) is 28.0. The maximum absolute atomic E-state index is 4.63. The molecule has 2 N–H and O–H groups in total. The molecule has 5 heteroatoms. The molecule has 8 bridgehead atoms. The second-order valence-electron chi connectivity index (χ2n) is 10.1. The number of nitrogens with zero attached hydrogens (tertiary/aromatic N) is 2. The van der Waals surface area contributed by atoms with Gasteiger partial charge in [-0.1, -0.05) is 0 Å². The Balaban J connectivity index is 0.000000369. The van der Waals surface area contributed by atoms with E-state index in [1.54, 1.807) is 0 Å². The topological polar surface area (TPSA) is 57.4 Å². The molecule has 2 aliphatic heterocycles. The van der Waals surface area contributed by atoms with Gasteiger partial charge in [-0.2, -0.15) is 0 Å². The van der Waals surface area contributed by atoms with Crippen LogP contribution in [-0.4, -0.2) is 19.9 Å². The molecule has 0 aromatic carbocycles. The first-order valence-electron chi connectivity index (χ1n) is 10.7. The van der Waals surface area contributed by atoms with E-state index in [4.69, 9.17) is 0 Å². The number of aromatic nitrogens is 4. The van der Waals surface area contributed by atoms with Gasteiger partial charge in [-0.25, -0.2) is 9.97 Å². The van der Waals surface area contributed by atoms with Gasteiger partial charge in [-0.05, 0) is 72.8 Å². The van der Waals surface area contributed by atoms with Gasteiger partial charge in [0.25, 0.3) is 0 Å². The summed E-state index contributed by atoms with van der Waals surface area (Å²) in [7, 11) is 0. The summed E-state index contributed by atoms with van der Waals surface area (Å²) in [4.78, 5) is 16.0. The number of hydrogen-bond donors (Lipinski definition) is 2. The summed E-state index contributed by atoms with van der Waals surface area (Å²) in [6, 6.07) is 16.4. The minimum absolute atomic E-state index is 0.939. The maximum atomic E-state index is 4.63. The van der Waals surface area contributed by atoms with Crippen LogP contribution in [0.25, 0.3) is 46.4 Å². The Labute approximate surface area is 174 Å². The third-order valence-electron chi connectivity index (χ3n) is 4.04. The van der Waals surface area contributed by atoms with Gasteiger partial charge in [0.1, 0.15) is 0 Å². The van der Waals surface area contributed by atoms with Crippen LogP contribution in [-0.2, 0) is 14.8 Å². The van der Waals surface area contributed by atoms with Crippen molar-refractivity contribution in [2.75, 3.05) is 0 Å². The molecule has 3 aromatic rings. The average molecular weight is 436 g/mol. The van der Waals surface area contributed by atoms with Crippen LogP contribution in [0.1, 0.15) is 22.8 Å². The van der Waals surface area contributed by atoms with Crippen LogP contribution in [0.4, 0.5) is 0 Å². The molecular formula is C24H26N4Zn. The van der Waals surface area contributed by atoms with Crippen molar-refractivity contribution >= 4 is 46.4 Å². The molecule has 0 saturated carbocycles. The third kappa shape index (κ3) is 5.61. The Bertz CT molecular complexity index is 1070. The van der Waals surface area contributed by atoms with E-state index in [-0.39, 0.29) is 0 Å². The zero-order valence-corrected chi connectivity index (χ0v) is 20.5. The van der Waals surface area contributed by atoms with E-state index in [1.165, 1.54) is 0 Å². The fraction of sp³-hybridized carbons (Fsp3) is 0.167. The summed E-state index contributed by atoms with van der Waals surface area (Å²) in [5.41, 5.74) is 17.5. The van der Waals surface area contributed by atoms with Gasteiger partial charge >= 0.3 is 36.8 Å². The normalized spacial score (nSPS) is 12.0. The Morgan fingerprint density at radius 2 is 0.759 bits per heavy atom. The van der Waals surface area contributed by atoms with Crippen molar-refractivity contribution in [1.29, 1.82) is 0 Å². The van der Waals surface area contributed by atoms with Crippen LogP contribution >= 0.6 is 0 Å². The summed E-state index contributed by atoms with van der Waals surface area (Å²) >= 11 is -1.25. The first-order valence-corrected chi connectivity index (χ1v) is 22.5. The molecule has 0 spiro atoms. The molecule has 4 nitrogen and oxygen atoms in total. The molecule has 5 heterocycles. The number of rotatable bonds is 0. The Kier molecular flexibility index (Phi) is 5.34. The van der Waals surface area contributed by atoms with Crippen molar-refractivity contribution < 1.29 is 14.8 Å². The summed E-state index contributed by atoms with van der Waals surface area (Å²) in [5, 5.41) is 0. The van der Waals surface area contributed by atoms with E-state index in [0.717, 1.165) is 44.8 Å². The predicted octanol–water partition coefficient (Wildman–Crippen LogP) is 6.99. The Morgan fingerprint density at radius 1 is 0.517 bits per heavy atom. The molecule has 3 aromatic heterocycles. The fourth-order valence-electron chi connectivity index (χ4n) is 2.94. The number of nitrogens with one attached hydrogen (secondary N) is 2. The van der Waals surface area contributed by atoms with Gasteiger partial charge in [0, 0.05) is 22.1 Å². The zero-order chi connectivity index (χ0) is 20.4. The molecule has 2 aliphatic rings. The molecule has 144 valence electrons. The number of hydrogen-bond acceptors (Lipinski definition) is 2. The minimum atomic E-state index is -1.25. The number of aromatic amines is 2. The fourth-order valence-corrected chi connectivity index (χ4v) is 2.94. The molecule has 0 amide bonds. The summed E-state index contributed by atoms with van der Waals surface area (Å²) in [6.45, 7) is 0. The SMILES string of the molecule is C1=Cc2cc3ccc(cc4nc(cc5ccc(cc1n2)[nH]5)C=C4)[nH]3.[CH3][Zn]([CH3])([CH3])[CH3]. The van der Waals surface area contributed by atoms with E-state index in [1.807, 2.05) is 48.6 Å². The third-order valence-corrected chi connectivity index (χ3v) is 4.04. The van der Waals surface area contributed by atoms with Gasteiger partial charge in [0.15, 0.2) is 0 Å². The van der Waals surface area contributed by atoms with Gasteiger partial charge in [-0.3, -0.25) is 0 Å². The van der Waals surface area contributed by atoms with Gasteiger partial charge in [-0.15, -0.1) is 0 Å². The standard InChI is InChI=1S/C20H14N4.4CH3.Zn/c1-2-14-10-16-5-6-18(23-16)12-20-8-7-19(24-20)11-17-4-3-15(22-17)9-13(1)21-14;;;;;/h1-12,21,24H;4*1H3;. The quantitative estimate of drug-likeness (QED) is 0.257. The molecule has 0 radical (unpaired) electrons. The average Bonchev–Trinajstić information content (AvgIpc) is 3.38. The molecular weight excluding hydrogens is 410 g/mol. The predicted molar refractivity (Wildman–Crippen MR) is 122 cm³/mol. The monoisotopic (exact) mass is 434 g/mol. The molecule has 0 aliphatic carbocycles. The van der Waals surface area contributed by atoms with Crippen LogP contribution in [0.2, 0.25) is 22.1 Å². The van der Waals surface area contributed by atoms with Crippen LogP contribution in [0.15, 0.2) is 48.5 Å². The molecule has 29 heavy (non-hydrogen) atoms. The Morgan fingerprint density at radius 3 is 1.00 bits per heavy atom. The van der Waals surface area contributed by atoms with Crippen LogP contribution in [0.3, 0.4) is 0 Å². The zero-order valence-electron chi connectivity index (χ0n) is 17.5. The van der Waals surface area contributed by atoms with Crippen molar-refractivity contribution in [2.45, 2.75) is 22.1 Å². The van der Waals surface area contributed by atoms with Crippen LogP contribution in [0.5, 0.6) is 0 Å². The first kappa shape index (κ1) is 19.5. The molecule has 5 rings (SSSR count). The van der Waals surface area contributed by atoms with Crippen molar-refractivity contribution in [3.63, 3.8) is 0 Å². The molecule has 0 unspecified atom stereocenters. The summed E-state index contributed by atoms with van der Waals surface area (Å²) < 4.78 is 0. The van der Waals surface area contributed by atoms with Crippen molar-refractivity contribution in [1.82, 2.24) is 19.9 Å². The molecule has 0 fully saturated rings.